The highest BCUT2D eigenvalue weighted by Gasteiger charge is 2.27. The molecule has 8 heteroatoms. The largest absolute Gasteiger partial charge is 0.493 e. The Morgan fingerprint density at radius 2 is 1.79 bits per heavy atom. The zero-order chi connectivity index (χ0) is 22.6. The van der Waals surface area contributed by atoms with Gasteiger partial charge in [-0.3, -0.25) is 0 Å². The van der Waals surface area contributed by atoms with Gasteiger partial charge >= 0.3 is 0 Å². The summed E-state index contributed by atoms with van der Waals surface area (Å²) in [5, 5.41) is 13.5. The van der Waals surface area contributed by atoms with Crippen LogP contribution in [0.2, 0.25) is 5.02 Å². The molecule has 1 aliphatic heterocycles. The van der Waals surface area contributed by atoms with Crippen LogP contribution in [0.25, 0.3) is 11.3 Å². The lowest BCUT2D eigenvalue weighted by Gasteiger charge is -2.21. The van der Waals surface area contributed by atoms with Crippen molar-refractivity contribution in [2.24, 2.45) is 0 Å². The lowest BCUT2D eigenvalue weighted by atomic mass is 10.1. The first-order chi connectivity index (χ1) is 16.2. The van der Waals surface area contributed by atoms with Crippen LogP contribution >= 0.6 is 23.4 Å². The Kier molecular flexibility index (Phi) is 6.32. The van der Waals surface area contributed by atoms with Gasteiger partial charge in [0, 0.05) is 22.0 Å². The van der Waals surface area contributed by atoms with E-state index in [0.717, 1.165) is 33.1 Å². The third-order valence-electron chi connectivity index (χ3n) is 5.15. The zero-order valence-electron chi connectivity index (χ0n) is 17.9. The lowest BCUT2D eigenvalue weighted by Crippen LogP contribution is -2.18. The SMILES string of the molecule is CCOc1ccccc1[C@@H]1Nc2ccccc2-c2nnc(SCc3ccccc3Cl)nc2O1. The Morgan fingerprint density at radius 1 is 1.00 bits per heavy atom. The number of hydrogen-bond acceptors (Lipinski definition) is 7. The van der Waals surface area contributed by atoms with E-state index in [1.807, 2.05) is 79.7 Å². The number of aromatic nitrogens is 3. The smallest absolute Gasteiger partial charge is 0.247 e. The fraction of sp³-hybridized carbons (Fsp3) is 0.160. The van der Waals surface area contributed by atoms with E-state index in [0.29, 0.717) is 29.1 Å². The predicted molar refractivity (Wildman–Crippen MR) is 131 cm³/mol. The van der Waals surface area contributed by atoms with E-state index in [1.165, 1.54) is 11.8 Å². The number of anilines is 1. The highest BCUT2D eigenvalue weighted by Crippen LogP contribution is 2.41. The number of ether oxygens (including phenoxy) is 2. The van der Waals surface area contributed by atoms with Crippen molar-refractivity contribution in [1.29, 1.82) is 0 Å². The molecular weight excluding hydrogens is 456 g/mol. The Bertz CT molecular complexity index is 1290. The van der Waals surface area contributed by atoms with Crippen molar-refractivity contribution in [3.63, 3.8) is 0 Å². The summed E-state index contributed by atoms with van der Waals surface area (Å²) in [6, 6.07) is 23.5. The van der Waals surface area contributed by atoms with Crippen molar-refractivity contribution < 1.29 is 9.47 Å². The highest BCUT2D eigenvalue weighted by molar-refractivity contribution is 7.98. The second-order valence-corrected chi connectivity index (χ2v) is 8.64. The molecule has 3 aromatic carbocycles. The predicted octanol–water partition coefficient (Wildman–Crippen LogP) is 6.39. The van der Waals surface area contributed by atoms with Crippen LogP contribution in [0, 0.1) is 0 Å². The van der Waals surface area contributed by atoms with Gasteiger partial charge in [-0.25, -0.2) is 0 Å². The number of nitrogens with one attached hydrogen (secondary N) is 1. The van der Waals surface area contributed by atoms with E-state index in [9.17, 15) is 0 Å². The molecule has 6 nitrogen and oxygen atoms in total. The van der Waals surface area contributed by atoms with E-state index in [2.05, 4.69) is 15.5 Å². The van der Waals surface area contributed by atoms with Crippen molar-refractivity contribution in [1.82, 2.24) is 15.2 Å². The maximum absolute atomic E-state index is 6.38. The van der Waals surface area contributed by atoms with Gasteiger partial charge < -0.3 is 14.8 Å². The minimum absolute atomic E-state index is 0.417. The van der Waals surface area contributed by atoms with Gasteiger partial charge in [0.2, 0.25) is 17.3 Å². The molecule has 2 heterocycles. The quantitative estimate of drug-likeness (QED) is 0.323. The number of para-hydroxylation sites is 2. The van der Waals surface area contributed by atoms with Crippen LogP contribution in [0.5, 0.6) is 11.6 Å². The molecule has 5 rings (SSSR count). The maximum Gasteiger partial charge on any atom is 0.247 e. The van der Waals surface area contributed by atoms with Crippen LogP contribution in [0.1, 0.15) is 24.3 Å². The van der Waals surface area contributed by atoms with Gasteiger partial charge in [-0.2, -0.15) is 4.98 Å². The Labute approximate surface area is 201 Å². The molecule has 1 atom stereocenters. The van der Waals surface area contributed by atoms with Crippen LogP contribution in [0.15, 0.2) is 78.0 Å². The van der Waals surface area contributed by atoms with Crippen molar-refractivity contribution in [3.05, 3.63) is 88.9 Å². The van der Waals surface area contributed by atoms with Crippen molar-refractivity contribution >= 4 is 29.1 Å². The van der Waals surface area contributed by atoms with Crippen LogP contribution in [-0.2, 0) is 5.75 Å². The summed E-state index contributed by atoms with van der Waals surface area (Å²) >= 11 is 7.76. The summed E-state index contributed by atoms with van der Waals surface area (Å²) in [7, 11) is 0. The Morgan fingerprint density at radius 3 is 2.67 bits per heavy atom. The summed E-state index contributed by atoms with van der Waals surface area (Å²) < 4.78 is 12.2. The molecule has 33 heavy (non-hydrogen) atoms. The molecule has 0 radical (unpaired) electrons. The summed E-state index contributed by atoms with van der Waals surface area (Å²) in [6.07, 6.45) is -0.506. The Balaban J connectivity index is 1.51. The standard InChI is InChI=1S/C25H21ClN4O2S/c1-2-31-21-14-8-5-11-18(21)23-27-20-13-7-4-10-17(20)22-24(32-23)28-25(30-29-22)33-15-16-9-3-6-12-19(16)26/h3-14,23,27H,2,15H2,1H3/t23-/m1/s1. The fourth-order valence-electron chi connectivity index (χ4n) is 3.59. The number of thioether (sulfide) groups is 1. The van der Waals surface area contributed by atoms with Crippen LogP contribution in [-0.4, -0.2) is 21.8 Å². The lowest BCUT2D eigenvalue weighted by molar-refractivity contribution is 0.217. The Hall–Kier alpha value is -3.29. The normalized spacial score (nSPS) is 14.3. The molecule has 0 spiro atoms. The number of halogens is 1. The van der Waals surface area contributed by atoms with Gasteiger partial charge in [0.1, 0.15) is 5.75 Å². The molecular formula is C25H21ClN4O2S. The van der Waals surface area contributed by atoms with Gasteiger partial charge in [0.25, 0.3) is 0 Å². The van der Waals surface area contributed by atoms with Crippen LogP contribution in [0.4, 0.5) is 5.69 Å². The monoisotopic (exact) mass is 476 g/mol. The van der Waals surface area contributed by atoms with E-state index < -0.39 is 6.23 Å². The first-order valence-electron chi connectivity index (χ1n) is 10.6. The summed E-state index contributed by atoms with van der Waals surface area (Å²) in [6.45, 7) is 2.52. The number of fused-ring (bicyclic) bond motifs is 3. The van der Waals surface area contributed by atoms with E-state index >= 15 is 0 Å². The van der Waals surface area contributed by atoms with E-state index in [1.54, 1.807) is 0 Å². The first kappa shape index (κ1) is 21.6. The molecule has 166 valence electrons. The van der Waals surface area contributed by atoms with Gasteiger partial charge in [-0.05, 0) is 36.8 Å². The average Bonchev–Trinajstić information content (AvgIpc) is 3.00. The van der Waals surface area contributed by atoms with Gasteiger partial charge in [-0.15, -0.1) is 10.2 Å². The zero-order valence-corrected chi connectivity index (χ0v) is 19.4. The minimum Gasteiger partial charge on any atom is -0.493 e. The summed E-state index contributed by atoms with van der Waals surface area (Å²) in [4.78, 5) is 4.71. The second kappa shape index (κ2) is 9.68. The average molecular weight is 477 g/mol. The number of hydrogen-bond donors (Lipinski definition) is 1. The third kappa shape index (κ3) is 4.60. The highest BCUT2D eigenvalue weighted by atomic mass is 35.5. The van der Waals surface area contributed by atoms with E-state index in [-0.39, 0.29) is 0 Å². The summed E-state index contributed by atoms with van der Waals surface area (Å²) in [5.41, 5.74) is 4.26. The topological polar surface area (TPSA) is 69.2 Å². The summed E-state index contributed by atoms with van der Waals surface area (Å²) in [5.74, 6) is 1.81. The number of rotatable bonds is 6. The number of benzene rings is 3. The van der Waals surface area contributed by atoms with Gasteiger partial charge in [-0.1, -0.05) is 71.9 Å². The van der Waals surface area contributed by atoms with Gasteiger partial charge in [0.15, 0.2) is 5.69 Å². The van der Waals surface area contributed by atoms with Crippen molar-refractivity contribution in [2.45, 2.75) is 24.1 Å². The molecule has 0 amide bonds. The molecule has 0 saturated heterocycles. The van der Waals surface area contributed by atoms with Crippen LogP contribution in [0.3, 0.4) is 0 Å². The first-order valence-corrected chi connectivity index (χ1v) is 11.9. The molecule has 0 aliphatic carbocycles. The molecule has 0 saturated carbocycles. The third-order valence-corrected chi connectivity index (χ3v) is 6.40. The van der Waals surface area contributed by atoms with Crippen molar-refractivity contribution in [2.75, 3.05) is 11.9 Å². The molecule has 0 bridgehead atoms. The molecule has 1 aliphatic rings. The van der Waals surface area contributed by atoms with E-state index in [4.69, 9.17) is 26.1 Å². The molecule has 4 aromatic rings. The minimum atomic E-state index is -0.506. The van der Waals surface area contributed by atoms with Crippen molar-refractivity contribution in [3.8, 4) is 22.9 Å². The second-order valence-electron chi connectivity index (χ2n) is 7.29. The molecule has 1 N–H and O–H groups in total. The molecule has 0 unspecified atom stereocenters. The fourth-order valence-corrected chi connectivity index (χ4v) is 4.66. The molecule has 0 fully saturated rings. The maximum atomic E-state index is 6.38. The molecule has 1 aromatic heterocycles. The number of nitrogens with zero attached hydrogens (tertiary/aromatic N) is 3. The van der Waals surface area contributed by atoms with Crippen LogP contribution < -0.4 is 14.8 Å². The van der Waals surface area contributed by atoms with Gasteiger partial charge in [0.05, 0.1) is 12.2 Å².